The van der Waals surface area contributed by atoms with Gasteiger partial charge in [-0.25, -0.2) is 9.59 Å². The van der Waals surface area contributed by atoms with Crippen LogP contribution >= 0.6 is 0 Å². The second kappa shape index (κ2) is 8.39. The van der Waals surface area contributed by atoms with Crippen LogP contribution in [0, 0.1) is 0 Å². The van der Waals surface area contributed by atoms with Crippen molar-refractivity contribution < 1.29 is 14.3 Å². The fourth-order valence-electron chi connectivity index (χ4n) is 3.04. The molecule has 0 radical (unpaired) electrons. The topological polar surface area (TPSA) is 67.4 Å². The van der Waals surface area contributed by atoms with Crippen LogP contribution in [0.3, 0.4) is 0 Å². The van der Waals surface area contributed by atoms with Gasteiger partial charge in [0.2, 0.25) is 0 Å². The van der Waals surface area contributed by atoms with E-state index in [1.807, 2.05) is 12.1 Å². The minimum Gasteiger partial charge on any atom is -0.463 e. The maximum Gasteiger partial charge on any atom is 0.338 e. The number of carbonyl (C=O) groups excluding carboxylic acids is 2. The van der Waals surface area contributed by atoms with E-state index in [9.17, 15) is 9.59 Å². The molecule has 0 saturated heterocycles. The molecule has 1 heterocycles. The van der Waals surface area contributed by atoms with Gasteiger partial charge in [0.1, 0.15) is 0 Å². The lowest BCUT2D eigenvalue weighted by Gasteiger charge is -2.30. The van der Waals surface area contributed by atoms with Crippen LogP contribution in [0.2, 0.25) is 0 Å². The fraction of sp³-hybridized carbons (Fsp3) is 0.524. The summed E-state index contributed by atoms with van der Waals surface area (Å²) >= 11 is 0. The summed E-state index contributed by atoms with van der Waals surface area (Å²) in [4.78, 5) is 24.8. The number of unbranched alkanes of at least 4 members (excludes halogenated alkanes) is 1. The molecule has 1 unspecified atom stereocenters. The monoisotopic (exact) mass is 358 g/mol. The SMILES string of the molecule is CCCCC1=C(C(=O)OCC)C(c2ccc(C(C)(C)C)cc2)NC(=O)N1. The van der Waals surface area contributed by atoms with Crippen molar-refractivity contribution in [3.05, 3.63) is 46.7 Å². The van der Waals surface area contributed by atoms with Crippen LogP contribution < -0.4 is 10.6 Å². The van der Waals surface area contributed by atoms with Gasteiger partial charge < -0.3 is 15.4 Å². The van der Waals surface area contributed by atoms with E-state index < -0.39 is 6.04 Å². The predicted octanol–water partition coefficient (Wildman–Crippen LogP) is 4.35. The summed E-state index contributed by atoms with van der Waals surface area (Å²) in [5, 5.41) is 5.68. The minimum absolute atomic E-state index is 0.0436. The molecule has 2 rings (SSSR count). The van der Waals surface area contributed by atoms with Crippen LogP contribution in [0.5, 0.6) is 0 Å². The van der Waals surface area contributed by atoms with Gasteiger partial charge in [-0.05, 0) is 36.3 Å². The molecule has 1 atom stereocenters. The zero-order chi connectivity index (χ0) is 19.3. The molecule has 5 nitrogen and oxygen atoms in total. The van der Waals surface area contributed by atoms with Crippen molar-refractivity contribution in [2.75, 3.05) is 6.61 Å². The largest absolute Gasteiger partial charge is 0.463 e. The van der Waals surface area contributed by atoms with Gasteiger partial charge >= 0.3 is 12.0 Å². The van der Waals surface area contributed by atoms with Crippen LogP contribution in [-0.4, -0.2) is 18.6 Å². The Balaban J connectivity index is 2.45. The zero-order valence-corrected chi connectivity index (χ0v) is 16.4. The number of hydrogen-bond donors (Lipinski definition) is 2. The number of esters is 1. The summed E-state index contributed by atoms with van der Waals surface area (Å²) in [6.07, 6.45) is 2.52. The summed E-state index contributed by atoms with van der Waals surface area (Å²) in [6, 6.07) is 7.29. The lowest BCUT2D eigenvalue weighted by atomic mass is 9.85. The Morgan fingerprint density at radius 2 is 1.81 bits per heavy atom. The molecule has 0 bridgehead atoms. The Hall–Kier alpha value is -2.30. The Bertz CT molecular complexity index is 684. The Morgan fingerprint density at radius 3 is 2.35 bits per heavy atom. The number of nitrogens with one attached hydrogen (secondary N) is 2. The highest BCUT2D eigenvalue weighted by molar-refractivity contribution is 5.95. The van der Waals surface area contributed by atoms with Crippen molar-refractivity contribution in [1.29, 1.82) is 0 Å². The van der Waals surface area contributed by atoms with E-state index in [2.05, 4.69) is 50.5 Å². The smallest absolute Gasteiger partial charge is 0.338 e. The van der Waals surface area contributed by atoms with Gasteiger partial charge in [0.15, 0.2) is 0 Å². The second-order valence-electron chi connectivity index (χ2n) is 7.62. The highest BCUT2D eigenvalue weighted by atomic mass is 16.5. The molecule has 2 N–H and O–H groups in total. The first kappa shape index (κ1) is 20.0. The van der Waals surface area contributed by atoms with Crippen molar-refractivity contribution in [3.8, 4) is 0 Å². The van der Waals surface area contributed by atoms with E-state index in [4.69, 9.17) is 4.74 Å². The number of allylic oxidation sites excluding steroid dienone is 1. The molecular formula is C21H30N2O3. The molecule has 5 heteroatoms. The normalized spacial score (nSPS) is 17.6. The molecule has 26 heavy (non-hydrogen) atoms. The van der Waals surface area contributed by atoms with Gasteiger partial charge in [-0.2, -0.15) is 0 Å². The number of rotatable bonds is 6. The zero-order valence-electron chi connectivity index (χ0n) is 16.4. The van der Waals surface area contributed by atoms with Gasteiger partial charge in [-0.3, -0.25) is 0 Å². The molecule has 1 aliphatic heterocycles. The maximum absolute atomic E-state index is 12.6. The van der Waals surface area contributed by atoms with Crippen LogP contribution in [0.15, 0.2) is 35.5 Å². The average Bonchev–Trinajstić information content (AvgIpc) is 2.58. The van der Waals surface area contributed by atoms with E-state index in [0.717, 1.165) is 18.4 Å². The molecule has 1 aromatic rings. The molecule has 0 saturated carbocycles. The third-order valence-electron chi connectivity index (χ3n) is 4.54. The van der Waals surface area contributed by atoms with Crippen LogP contribution in [0.25, 0.3) is 0 Å². The first-order valence-corrected chi connectivity index (χ1v) is 9.36. The Morgan fingerprint density at radius 1 is 1.15 bits per heavy atom. The number of hydrogen-bond acceptors (Lipinski definition) is 3. The van der Waals surface area contributed by atoms with Gasteiger partial charge in [0.25, 0.3) is 0 Å². The number of benzene rings is 1. The number of carbonyl (C=O) groups is 2. The summed E-state index contributed by atoms with van der Waals surface area (Å²) in [5.74, 6) is -0.379. The van der Waals surface area contributed by atoms with E-state index in [-0.39, 0.29) is 17.4 Å². The van der Waals surface area contributed by atoms with Crippen molar-refractivity contribution in [2.24, 2.45) is 0 Å². The molecular weight excluding hydrogens is 328 g/mol. The predicted molar refractivity (Wildman–Crippen MR) is 103 cm³/mol. The number of urea groups is 1. The summed E-state index contributed by atoms with van der Waals surface area (Å²) in [7, 11) is 0. The molecule has 0 aromatic heterocycles. The first-order valence-electron chi connectivity index (χ1n) is 9.36. The quantitative estimate of drug-likeness (QED) is 0.743. The summed E-state index contributed by atoms with van der Waals surface area (Å²) in [5.41, 5.74) is 3.30. The first-order chi connectivity index (χ1) is 12.3. The van der Waals surface area contributed by atoms with Crippen LogP contribution in [0.1, 0.15) is 71.0 Å². The molecule has 0 fully saturated rings. The van der Waals surface area contributed by atoms with Gasteiger partial charge in [-0.15, -0.1) is 0 Å². The van der Waals surface area contributed by atoms with Crippen molar-refractivity contribution in [1.82, 2.24) is 10.6 Å². The van der Waals surface area contributed by atoms with E-state index in [1.165, 1.54) is 5.56 Å². The van der Waals surface area contributed by atoms with E-state index in [1.54, 1.807) is 6.92 Å². The van der Waals surface area contributed by atoms with Crippen molar-refractivity contribution >= 4 is 12.0 Å². The second-order valence-corrected chi connectivity index (χ2v) is 7.62. The number of ether oxygens (including phenoxy) is 1. The van der Waals surface area contributed by atoms with E-state index in [0.29, 0.717) is 24.3 Å². The number of amides is 2. The molecule has 1 aliphatic rings. The van der Waals surface area contributed by atoms with Crippen LogP contribution in [0.4, 0.5) is 4.79 Å². The minimum atomic E-state index is -0.497. The Labute approximate surface area is 156 Å². The van der Waals surface area contributed by atoms with Gasteiger partial charge in [0, 0.05) is 5.70 Å². The third-order valence-corrected chi connectivity index (χ3v) is 4.54. The molecule has 0 aliphatic carbocycles. The standard InChI is InChI=1S/C21H30N2O3/c1-6-8-9-16-17(19(24)26-7-2)18(23-20(25)22-16)14-10-12-15(13-11-14)21(3,4)5/h10-13,18H,6-9H2,1-5H3,(H2,22,23,25). The molecule has 2 amide bonds. The lowest BCUT2D eigenvalue weighted by molar-refractivity contribution is -0.139. The summed E-state index contributed by atoms with van der Waals surface area (Å²) in [6.45, 7) is 10.6. The average molecular weight is 358 g/mol. The molecule has 0 spiro atoms. The van der Waals surface area contributed by atoms with Crippen molar-refractivity contribution in [2.45, 2.75) is 65.3 Å². The molecule has 1 aromatic carbocycles. The highest BCUT2D eigenvalue weighted by Crippen LogP contribution is 2.31. The highest BCUT2D eigenvalue weighted by Gasteiger charge is 2.33. The van der Waals surface area contributed by atoms with Gasteiger partial charge in [-0.1, -0.05) is 58.4 Å². The third kappa shape index (κ3) is 4.65. The summed E-state index contributed by atoms with van der Waals surface area (Å²) < 4.78 is 5.27. The molecule has 142 valence electrons. The Kier molecular flexibility index (Phi) is 6.46. The maximum atomic E-state index is 12.6. The van der Waals surface area contributed by atoms with Gasteiger partial charge in [0.05, 0.1) is 18.2 Å². The fourth-order valence-corrected chi connectivity index (χ4v) is 3.04. The van der Waals surface area contributed by atoms with Crippen LogP contribution in [-0.2, 0) is 14.9 Å². The lowest BCUT2D eigenvalue weighted by Crippen LogP contribution is -2.46. The van der Waals surface area contributed by atoms with Crippen molar-refractivity contribution in [3.63, 3.8) is 0 Å². The van der Waals surface area contributed by atoms with E-state index >= 15 is 0 Å².